The van der Waals surface area contributed by atoms with Gasteiger partial charge in [-0.3, -0.25) is 14.5 Å². The number of fused-ring (bicyclic) bond motifs is 1. The zero-order chi connectivity index (χ0) is 22.6. The van der Waals surface area contributed by atoms with Crippen molar-refractivity contribution in [2.75, 3.05) is 18.0 Å². The fourth-order valence-corrected chi connectivity index (χ4v) is 4.95. The molecule has 5 rings (SSSR count). The number of aromatic nitrogens is 4. The van der Waals surface area contributed by atoms with Gasteiger partial charge in [-0.2, -0.15) is 4.37 Å². The van der Waals surface area contributed by atoms with E-state index in [1.54, 1.807) is 11.8 Å². The fraction of sp³-hybridized carbons (Fsp3) is 0.381. The molecule has 0 unspecified atom stereocenters. The van der Waals surface area contributed by atoms with E-state index in [1.165, 1.54) is 40.7 Å². The van der Waals surface area contributed by atoms with Crippen molar-refractivity contribution in [1.29, 1.82) is 0 Å². The van der Waals surface area contributed by atoms with Crippen LogP contribution >= 0.6 is 11.5 Å². The molecule has 0 radical (unpaired) electrons. The van der Waals surface area contributed by atoms with Crippen LogP contribution in [0.4, 0.5) is 14.6 Å². The monoisotopic (exact) mass is 458 g/mol. The highest BCUT2D eigenvalue weighted by Crippen LogP contribution is 2.39. The second-order valence-electron chi connectivity index (χ2n) is 7.87. The van der Waals surface area contributed by atoms with Gasteiger partial charge < -0.3 is 9.47 Å². The van der Waals surface area contributed by atoms with Gasteiger partial charge >= 0.3 is 0 Å². The van der Waals surface area contributed by atoms with Gasteiger partial charge in [0.1, 0.15) is 11.6 Å². The van der Waals surface area contributed by atoms with E-state index in [2.05, 4.69) is 9.36 Å². The predicted octanol–water partition coefficient (Wildman–Crippen LogP) is 3.14. The standard InChI is InChI=1S/C21H20F2N6O2S/c1-11-16-17(29-8-7-15(23)21(29)31)25-18(19-24-12(2)26-32-19)28(16)10-9-27(11)20(30)13-3-5-14(22)6-4-13/h3-6,11,15H,7-10H2,1-2H3/t11-,15-/m1/s1. The Morgan fingerprint density at radius 1 is 1.16 bits per heavy atom. The van der Waals surface area contributed by atoms with Gasteiger partial charge in [-0.1, -0.05) is 0 Å². The molecule has 2 aliphatic heterocycles. The SMILES string of the molecule is Cc1nsc(-c2nc(N3CC[C@@H](F)C3=O)c3n2CCN(C(=O)c2ccc(F)cc2)[C@@H]3C)n1. The summed E-state index contributed by atoms with van der Waals surface area (Å²) in [6.07, 6.45) is -1.46. The molecule has 2 aliphatic rings. The van der Waals surface area contributed by atoms with Crippen LogP contribution in [0.3, 0.4) is 0 Å². The Labute approximate surface area is 186 Å². The van der Waals surface area contributed by atoms with Gasteiger partial charge in [-0.15, -0.1) is 0 Å². The zero-order valence-electron chi connectivity index (χ0n) is 17.5. The number of imidazole rings is 1. The van der Waals surface area contributed by atoms with E-state index in [9.17, 15) is 18.4 Å². The van der Waals surface area contributed by atoms with Crippen LogP contribution in [-0.4, -0.2) is 54.9 Å². The second-order valence-corrected chi connectivity index (χ2v) is 8.62. The minimum absolute atomic E-state index is 0.102. The highest BCUT2D eigenvalue weighted by molar-refractivity contribution is 7.09. The number of aryl methyl sites for hydroxylation is 1. The molecule has 2 aromatic heterocycles. The highest BCUT2D eigenvalue weighted by Gasteiger charge is 2.41. The smallest absolute Gasteiger partial charge is 0.262 e. The topological polar surface area (TPSA) is 84.2 Å². The van der Waals surface area contributed by atoms with E-state index in [0.717, 1.165) is 0 Å². The third-order valence-corrected chi connectivity index (χ3v) is 6.68. The number of halogens is 2. The van der Waals surface area contributed by atoms with Crippen LogP contribution in [0, 0.1) is 12.7 Å². The van der Waals surface area contributed by atoms with Gasteiger partial charge in [-0.05, 0) is 49.6 Å². The lowest BCUT2D eigenvalue weighted by Crippen LogP contribution is -2.42. The third-order valence-electron chi connectivity index (χ3n) is 5.88. The fourth-order valence-electron chi connectivity index (χ4n) is 4.28. The van der Waals surface area contributed by atoms with E-state index in [0.29, 0.717) is 46.8 Å². The molecule has 0 saturated carbocycles. The van der Waals surface area contributed by atoms with Crippen LogP contribution < -0.4 is 4.90 Å². The first-order chi connectivity index (χ1) is 15.3. The Balaban J connectivity index is 1.58. The van der Waals surface area contributed by atoms with Crippen molar-refractivity contribution in [3.63, 3.8) is 0 Å². The molecule has 8 nitrogen and oxygen atoms in total. The zero-order valence-corrected chi connectivity index (χ0v) is 18.3. The van der Waals surface area contributed by atoms with E-state index in [-0.39, 0.29) is 18.9 Å². The van der Waals surface area contributed by atoms with Crippen molar-refractivity contribution in [2.24, 2.45) is 0 Å². The van der Waals surface area contributed by atoms with E-state index < -0.39 is 23.9 Å². The maximum Gasteiger partial charge on any atom is 0.262 e. The average molecular weight is 458 g/mol. The first kappa shape index (κ1) is 20.7. The molecule has 1 aromatic carbocycles. The Kier molecular flexibility index (Phi) is 5.00. The molecule has 0 bridgehead atoms. The van der Waals surface area contributed by atoms with Crippen LogP contribution in [0.25, 0.3) is 10.8 Å². The summed E-state index contributed by atoms with van der Waals surface area (Å²) in [5.41, 5.74) is 1.02. The summed E-state index contributed by atoms with van der Waals surface area (Å²) in [5, 5.41) is 0.601. The van der Waals surface area contributed by atoms with Gasteiger partial charge in [0, 0.05) is 31.6 Å². The Bertz CT molecular complexity index is 1210. The Hall–Kier alpha value is -3.21. The van der Waals surface area contributed by atoms with Crippen molar-refractivity contribution in [3.8, 4) is 10.8 Å². The maximum atomic E-state index is 14.0. The first-order valence-electron chi connectivity index (χ1n) is 10.3. The normalized spacial score (nSPS) is 20.7. The Morgan fingerprint density at radius 2 is 1.91 bits per heavy atom. The number of carbonyl (C=O) groups is 2. The van der Waals surface area contributed by atoms with E-state index in [4.69, 9.17) is 4.98 Å². The van der Waals surface area contributed by atoms with Crippen LogP contribution in [-0.2, 0) is 11.3 Å². The summed E-state index contributed by atoms with van der Waals surface area (Å²) in [5.74, 6) is 0.222. The van der Waals surface area contributed by atoms with Crippen LogP contribution in [0.15, 0.2) is 24.3 Å². The van der Waals surface area contributed by atoms with Gasteiger partial charge in [0.25, 0.3) is 11.8 Å². The molecular weight excluding hydrogens is 438 g/mol. The second kappa shape index (κ2) is 7.73. The average Bonchev–Trinajstić information content (AvgIpc) is 3.46. The molecule has 2 amide bonds. The minimum atomic E-state index is -1.56. The molecule has 11 heteroatoms. The number of anilines is 1. The van der Waals surface area contributed by atoms with Crippen molar-refractivity contribution in [3.05, 3.63) is 47.2 Å². The van der Waals surface area contributed by atoms with Crippen molar-refractivity contribution in [2.45, 2.75) is 39.0 Å². The largest absolute Gasteiger partial charge is 0.328 e. The number of alkyl halides is 1. The van der Waals surface area contributed by atoms with Gasteiger partial charge in [0.2, 0.25) is 0 Å². The number of carbonyl (C=O) groups excluding carboxylic acids is 2. The van der Waals surface area contributed by atoms with Crippen LogP contribution in [0.5, 0.6) is 0 Å². The lowest BCUT2D eigenvalue weighted by atomic mass is 10.1. The lowest BCUT2D eigenvalue weighted by Gasteiger charge is -2.36. The maximum absolute atomic E-state index is 14.0. The summed E-state index contributed by atoms with van der Waals surface area (Å²) >= 11 is 1.20. The third kappa shape index (κ3) is 3.27. The van der Waals surface area contributed by atoms with Crippen molar-refractivity contribution >= 4 is 29.2 Å². The molecule has 1 saturated heterocycles. The molecule has 0 N–H and O–H groups in total. The summed E-state index contributed by atoms with van der Waals surface area (Å²) < 4.78 is 33.5. The molecule has 0 aliphatic carbocycles. The number of benzene rings is 1. The molecular formula is C21H20F2N6O2S. The van der Waals surface area contributed by atoms with E-state index >= 15 is 0 Å². The Morgan fingerprint density at radius 3 is 2.53 bits per heavy atom. The number of amides is 2. The van der Waals surface area contributed by atoms with Crippen LogP contribution in [0.2, 0.25) is 0 Å². The van der Waals surface area contributed by atoms with Gasteiger partial charge in [0.05, 0.1) is 11.7 Å². The molecule has 1 fully saturated rings. The molecule has 2 atom stereocenters. The van der Waals surface area contributed by atoms with Crippen molar-refractivity contribution < 1.29 is 18.4 Å². The number of nitrogens with zero attached hydrogens (tertiary/aromatic N) is 6. The first-order valence-corrected chi connectivity index (χ1v) is 11.1. The quantitative estimate of drug-likeness (QED) is 0.602. The predicted molar refractivity (Wildman–Crippen MR) is 114 cm³/mol. The molecule has 166 valence electrons. The van der Waals surface area contributed by atoms with E-state index in [1.807, 2.05) is 11.5 Å². The molecule has 3 aromatic rings. The number of rotatable bonds is 3. The van der Waals surface area contributed by atoms with Gasteiger partial charge in [-0.25, -0.2) is 18.7 Å². The summed E-state index contributed by atoms with van der Waals surface area (Å²) in [7, 11) is 0. The highest BCUT2D eigenvalue weighted by atomic mass is 32.1. The van der Waals surface area contributed by atoms with Crippen LogP contribution in [0.1, 0.15) is 41.3 Å². The molecule has 0 spiro atoms. The molecule has 32 heavy (non-hydrogen) atoms. The minimum Gasteiger partial charge on any atom is -0.328 e. The lowest BCUT2D eigenvalue weighted by molar-refractivity contribution is -0.121. The summed E-state index contributed by atoms with van der Waals surface area (Å²) in [4.78, 5) is 37.8. The number of hydrogen-bond donors (Lipinski definition) is 0. The summed E-state index contributed by atoms with van der Waals surface area (Å²) in [6, 6.07) is 4.95. The molecule has 4 heterocycles. The van der Waals surface area contributed by atoms with Crippen molar-refractivity contribution in [1.82, 2.24) is 23.8 Å². The summed E-state index contributed by atoms with van der Waals surface area (Å²) in [6.45, 7) is 4.67. The number of hydrogen-bond acceptors (Lipinski definition) is 6. The van der Waals surface area contributed by atoms with Gasteiger partial charge in [0.15, 0.2) is 22.8 Å².